The molecule has 0 radical (unpaired) electrons. The van der Waals surface area contributed by atoms with Crippen LogP contribution in [0.2, 0.25) is 0 Å². The molecule has 5 nitrogen and oxygen atoms in total. The number of hydrogen-bond donors (Lipinski definition) is 1. The van der Waals surface area contributed by atoms with Crippen LogP contribution in [-0.2, 0) is 14.3 Å². The minimum absolute atomic E-state index is 0.0591. The summed E-state index contributed by atoms with van der Waals surface area (Å²) in [5.41, 5.74) is 0. The molecule has 2 amide bonds. The maximum absolute atomic E-state index is 12.3. The molecule has 5 heteroatoms. The topological polar surface area (TPSA) is 58.6 Å². The van der Waals surface area contributed by atoms with E-state index < -0.39 is 0 Å². The van der Waals surface area contributed by atoms with E-state index in [9.17, 15) is 9.59 Å². The molecule has 2 aliphatic rings. The van der Waals surface area contributed by atoms with Gasteiger partial charge >= 0.3 is 0 Å². The van der Waals surface area contributed by atoms with Crippen molar-refractivity contribution in [2.24, 2.45) is 11.8 Å². The Bertz CT molecular complexity index is 444. The van der Waals surface area contributed by atoms with Crippen molar-refractivity contribution in [2.75, 3.05) is 26.3 Å². The number of nitrogens with zero attached hydrogens (tertiary/aromatic N) is 1. The highest BCUT2D eigenvalue weighted by molar-refractivity contribution is 5.97. The first-order valence-electron chi connectivity index (χ1n) is 7.75. The second-order valence-corrected chi connectivity index (χ2v) is 6.09. The lowest BCUT2D eigenvalue weighted by molar-refractivity contribution is -0.140. The molecule has 2 aliphatic heterocycles. The first-order valence-corrected chi connectivity index (χ1v) is 7.75. The Hall–Kier alpha value is -1.54. The third-order valence-corrected chi connectivity index (χ3v) is 3.89. The molecule has 0 unspecified atom stereocenters. The van der Waals surface area contributed by atoms with Crippen LogP contribution in [0.15, 0.2) is 0 Å². The van der Waals surface area contributed by atoms with Crippen molar-refractivity contribution in [1.29, 1.82) is 0 Å². The Labute approximate surface area is 126 Å². The average molecular weight is 292 g/mol. The number of piperazine rings is 1. The van der Waals surface area contributed by atoms with E-state index in [-0.39, 0.29) is 23.8 Å². The van der Waals surface area contributed by atoms with Gasteiger partial charge in [-0.15, -0.1) is 0 Å². The summed E-state index contributed by atoms with van der Waals surface area (Å²) in [5, 5.41) is 2.83. The Kier molecular flexibility index (Phi) is 5.63. The maximum atomic E-state index is 12.3. The van der Waals surface area contributed by atoms with Gasteiger partial charge < -0.3 is 15.0 Å². The predicted molar refractivity (Wildman–Crippen MR) is 79.3 cm³/mol. The van der Waals surface area contributed by atoms with Crippen LogP contribution in [0, 0.1) is 23.7 Å². The van der Waals surface area contributed by atoms with Crippen molar-refractivity contribution < 1.29 is 14.3 Å². The largest absolute Gasteiger partial charge is 0.381 e. The van der Waals surface area contributed by atoms with Crippen LogP contribution in [0.1, 0.15) is 33.1 Å². The Morgan fingerprint density at radius 1 is 1.43 bits per heavy atom. The van der Waals surface area contributed by atoms with Gasteiger partial charge in [-0.1, -0.05) is 19.8 Å². The minimum atomic E-state index is -0.379. The van der Waals surface area contributed by atoms with Gasteiger partial charge in [0.05, 0.1) is 0 Å². The Morgan fingerprint density at radius 2 is 2.14 bits per heavy atom. The van der Waals surface area contributed by atoms with E-state index in [0.29, 0.717) is 25.4 Å². The van der Waals surface area contributed by atoms with Gasteiger partial charge in [-0.2, -0.15) is 0 Å². The summed E-state index contributed by atoms with van der Waals surface area (Å²) in [7, 11) is 0. The zero-order chi connectivity index (χ0) is 15.2. The van der Waals surface area contributed by atoms with Crippen molar-refractivity contribution in [3.05, 3.63) is 0 Å². The second kappa shape index (κ2) is 7.46. The van der Waals surface area contributed by atoms with Gasteiger partial charge in [-0.25, -0.2) is 0 Å². The lowest BCUT2D eigenvalue weighted by Crippen LogP contribution is -2.57. The van der Waals surface area contributed by atoms with Crippen molar-refractivity contribution in [2.45, 2.75) is 39.2 Å². The number of amides is 2. The number of nitrogens with one attached hydrogen (secondary N) is 1. The third kappa shape index (κ3) is 4.47. The standard InChI is InChI=1S/C16H24N2O3/c1-12(2)11-14-16(20)17-7-8-18(14)15(19)4-3-13-5-9-21-10-6-13/h12-14H,5-11H2,1-2H3,(H,17,20)/t14-/m0/s1. The SMILES string of the molecule is CC(C)C[C@H]1C(=O)NCCN1C(=O)C#CC1CCOCC1. The van der Waals surface area contributed by atoms with E-state index in [2.05, 4.69) is 31.0 Å². The highest BCUT2D eigenvalue weighted by Gasteiger charge is 2.32. The van der Waals surface area contributed by atoms with E-state index in [0.717, 1.165) is 26.1 Å². The molecule has 2 rings (SSSR count). The first-order chi connectivity index (χ1) is 10.1. The average Bonchev–Trinajstić information content (AvgIpc) is 2.47. The lowest BCUT2D eigenvalue weighted by atomic mass is 9.99. The number of rotatable bonds is 2. The van der Waals surface area contributed by atoms with Gasteiger partial charge in [0.2, 0.25) is 5.91 Å². The van der Waals surface area contributed by atoms with Crippen LogP contribution in [0.5, 0.6) is 0 Å². The summed E-state index contributed by atoms with van der Waals surface area (Å²) < 4.78 is 5.28. The summed E-state index contributed by atoms with van der Waals surface area (Å²) in [5.74, 6) is 6.12. The fraction of sp³-hybridized carbons (Fsp3) is 0.750. The molecule has 2 saturated heterocycles. The quantitative estimate of drug-likeness (QED) is 0.766. The van der Waals surface area contributed by atoms with Gasteiger partial charge in [0.15, 0.2) is 0 Å². The summed E-state index contributed by atoms with van der Waals surface area (Å²) >= 11 is 0. The smallest absolute Gasteiger partial charge is 0.299 e. The van der Waals surface area contributed by atoms with Crippen molar-refractivity contribution in [1.82, 2.24) is 10.2 Å². The van der Waals surface area contributed by atoms with Gasteiger partial charge in [-0.05, 0) is 31.1 Å². The summed E-state index contributed by atoms with van der Waals surface area (Å²) in [4.78, 5) is 25.9. The molecule has 0 aromatic rings. The number of hydrogen-bond acceptors (Lipinski definition) is 3. The molecule has 0 saturated carbocycles. The first kappa shape index (κ1) is 15.8. The number of ether oxygens (including phenoxy) is 1. The van der Waals surface area contributed by atoms with Crippen molar-refractivity contribution in [3.63, 3.8) is 0 Å². The lowest BCUT2D eigenvalue weighted by Gasteiger charge is -2.34. The fourth-order valence-corrected chi connectivity index (χ4v) is 2.72. The van der Waals surface area contributed by atoms with Crippen molar-refractivity contribution >= 4 is 11.8 Å². The third-order valence-electron chi connectivity index (χ3n) is 3.89. The highest BCUT2D eigenvalue weighted by Crippen LogP contribution is 2.16. The normalized spacial score (nSPS) is 23.5. The molecule has 0 aromatic carbocycles. The molecule has 116 valence electrons. The van der Waals surface area contributed by atoms with Crippen LogP contribution < -0.4 is 5.32 Å². The summed E-state index contributed by atoms with van der Waals surface area (Å²) in [6.45, 7) is 6.60. The van der Waals surface area contributed by atoms with Gasteiger partial charge in [0, 0.05) is 32.2 Å². The molecule has 0 aromatic heterocycles. The monoisotopic (exact) mass is 292 g/mol. The summed E-state index contributed by atoms with van der Waals surface area (Å²) in [6.07, 6.45) is 2.45. The highest BCUT2D eigenvalue weighted by atomic mass is 16.5. The zero-order valence-corrected chi connectivity index (χ0v) is 12.9. The molecule has 0 aliphatic carbocycles. The van der Waals surface area contributed by atoms with Crippen LogP contribution in [0.3, 0.4) is 0 Å². The zero-order valence-electron chi connectivity index (χ0n) is 12.9. The summed E-state index contributed by atoms with van der Waals surface area (Å²) in [6, 6.07) is -0.379. The predicted octanol–water partition coefficient (Wildman–Crippen LogP) is 0.790. The Balaban J connectivity index is 2.01. The molecular weight excluding hydrogens is 268 g/mol. The fourth-order valence-electron chi connectivity index (χ4n) is 2.72. The van der Waals surface area contributed by atoms with Crippen molar-refractivity contribution in [3.8, 4) is 11.8 Å². The molecule has 1 atom stereocenters. The molecule has 0 bridgehead atoms. The minimum Gasteiger partial charge on any atom is -0.381 e. The Morgan fingerprint density at radius 3 is 2.81 bits per heavy atom. The van der Waals surface area contributed by atoms with E-state index in [1.54, 1.807) is 4.90 Å². The molecule has 1 N–H and O–H groups in total. The van der Waals surface area contributed by atoms with Crippen LogP contribution >= 0.6 is 0 Å². The van der Waals surface area contributed by atoms with E-state index >= 15 is 0 Å². The van der Waals surface area contributed by atoms with Gasteiger partial charge in [-0.3, -0.25) is 9.59 Å². The molecule has 21 heavy (non-hydrogen) atoms. The number of carbonyl (C=O) groups is 2. The van der Waals surface area contributed by atoms with E-state index in [1.165, 1.54) is 0 Å². The maximum Gasteiger partial charge on any atom is 0.299 e. The molecule has 0 spiro atoms. The molecule has 2 fully saturated rings. The molecular formula is C16H24N2O3. The van der Waals surface area contributed by atoms with E-state index in [4.69, 9.17) is 4.74 Å². The van der Waals surface area contributed by atoms with Crippen LogP contribution in [-0.4, -0.2) is 49.1 Å². The number of carbonyl (C=O) groups excluding carboxylic acids is 2. The molecule has 2 heterocycles. The second-order valence-electron chi connectivity index (χ2n) is 6.09. The van der Waals surface area contributed by atoms with Gasteiger partial charge in [0.1, 0.15) is 6.04 Å². The van der Waals surface area contributed by atoms with E-state index in [1.807, 2.05) is 0 Å². The van der Waals surface area contributed by atoms with Crippen LogP contribution in [0.25, 0.3) is 0 Å². The van der Waals surface area contributed by atoms with Crippen LogP contribution in [0.4, 0.5) is 0 Å². The van der Waals surface area contributed by atoms with Gasteiger partial charge in [0.25, 0.3) is 5.91 Å².